The van der Waals surface area contributed by atoms with Crippen molar-refractivity contribution in [2.75, 3.05) is 13.2 Å². The zero-order valence-corrected chi connectivity index (χ0v) is 12.1. The van der Waals surface area contributed by atoms with Gasteiger partial charge in [0, 0.05) is 5.41 Å². The third-order valence-corrected chi connectivity index (χ3v) is 4.77. The first-order valence-corrected chi connectivity index (χ1v) is 7.08. The predicted octanol–water partition coefficient (Wildman–Crippen LogP) is 3.85. The molecule has 1 aliphatic carbocycles. The molecule has 0 aromatic carbocycles. The molecule has 1 aliphatic heterocycles. The average molecular weight is 240 g/mol. The quantitative estimate of drug-likeness (QED) is 0.693. The van der Waals surface area contributed by atoms with Crippen LogP contribution in [0.4, 0.5) is 0 Å². The molecule has 0 amide bonds. The molecule has 0 radical (unpaired) electrons. The average Bonchev–Trinajstić information content (AvgIpc) is 2.21. The molecule has 1 atom stereocenters. The van der Waals surface area contributed by atoms with Crippen molar-refractivity contribution >= 4 is 0 Å². The standard InChI is InChI=1S/C15H28O2/c1-11(2)13-6-7-14(4,5)8-15(13)9-16-12(3)17-10-15/h11-13H,6-10H2,1-5H3. The maximum atomic E-state index is 5.82. The Balaban J connectivity index is 2.18. The summed E-state index contributed by atoms with van der Waals surface area (Å²) >= 11 is 0. The molecule has 0 aromatic heterocycles. The summed E-state index contributed by atoms with van der Waals surface area (Å²) in [6.07, 6.45) is 3.90. The number of rotatable bonds is 1. The van der Waals surface area contributed by atoms with Crippen molar-refractivity contribution in [1.82, 2.24) is 0 Å². The predicted molar refractivity (Wildman–Crippen MR) is 69.8 cm³/mol. The highest BCUT2D eigenvalue weighted by atomic mass is 16.7. The molecule has 0 aromatic rings. The summed E-state index contributed by atoms with van der Waals surface area (Å²) in [6.45, 7) is 13.3. The summed E-state index contributed by atoms with van der Waals surface area (Å²) in [6, 6.07) is 0. The van der Waals surface area contributed by atoms with Gasteiger partial charge >= 0.3 is 0 Å². The van der Waals surface area contributed by atoms with Gasteiger partial charge in [-0.05, 0) is 43.4 Å². The maximum absolute atomic E-state index is 5.82. The lowest BCUT2D eigenvalue weighted by Gasteiger charge is -2.53. The van der Waals surface area contributed by atoms with E-state index >= 15 is 0 Å². The van der Waals surface area contributed by atoms with E-state index in [1.165, 1.54) is 19.3 Å². The lowest BCUT2D eigenvalue weighted by Crippen LogP contribution is -2.52. The summed E-state index contributed by atoms with van der Waals surface area (Å²) in [7, 11) is 0. The first-order valence-electron chi connectivity index (χ1n) is 7.08. The molecule has 0 bridgehead atoms. The zero-order chi connectivity index (χ0) is 12.7. The van der Waals surface area contributed by atoms with Crippen molar-refractivity contribution in [3.05, 3.63) is 0 Å². The first kappa shape index (κ1) is 13.4. The topological polar surface area (TPSA) is 18.5 Å². The third kappa shape index (κ3) is 2.68. The normalized spacial score (nSPS) is 42.0. The van der Waals surface area contributed by atoms with E-state index in [9.17, 15) is 0 Å². The van der Waals surface area contributed by atoms with Gasteiger partial charge in [-0.3, -0.25) is 0 Å². The van der Waals surface area contributed by atoms with Crippen LogP contribution in [0.15, 0.2) is 0 Å². The molecule has 100 valence electrons. The lowest BCUT2D eigenvalue weighted by molar-refractivity contribution is -0.251. The van der Waals surface area contributed by atoms with Crippen LogP contribution in [0.25, 0.3) is 0 Å². The Kier molecular flexibility index (Phi) is 3.57. The van der Waals surface area contributed by atoms with E-state index in [1.807, 2.05) is 6.92 Å². The van der Waals surface area contributed by atoms with Gasteiger partial charge in [-0.15, -0.1) is 0 Å². The van der Waals surface area contributed by atoms with Gasteiger partial charge < -0.3 is 9.47 Å². The van der Waals surface area contributed by atoms with Gasteiger partial charge in [-0.25, -0.2) is 0 Å². The van der Waals surface area contributed by atoms with E-state index in [-0.39, 0.29) is 11.7 Å². The molecule has 2 heteroatoms. The van der Waals surface area contributed by atoms with E-state index < -0.39 is 0 Å². The van der Waals surface area contributed by atoms with Gasteiger partial charge in [0.25, 0.3) is 0 Å². The monoisotopic (exact) mass is 240 g/mol. The van der Waals surface area contributed by atoms with Gasteiger partial charge in [0.15, 0.2) is 6.29 Å². The van der Waals surface area contributed by atoms with Crippen LogP contribution in [0.2, 0.25) is 0 Å². The van der Waals surface area contributed by atoms with E-state index in [1.54, 1.807) is 0 Å². The maximum Gasteiger partial charge on any atom is 0.154 e. The van der Waals surface area contributed by atoms with Gasteiger partial charge in [-0.1, -0.05) is 27.7 Å². The summed E-state index contributed by atoms with van der Waals surface area (Å²) in [5, 5.41) is 0. The van der Waals surface area contributed by atoms with Crippen LogP contribution in [-0.2, 0) is 9.47 Å². The number of ether oxygens (including phenoxy) is 2. The second-order valence-electron chi connectivity index (χ2n) is 7.28. The zero-order valence-electron chi connectivity index (χ0n) is 12.1. The van der Waals surface area contributed by atoms with Crippen LogP contribution in [0.5, 0.6) is 0 Å². The first-order chi connectivity index (χ1) is 7.85. The Morgan fingerprint density at radius 2 is 1.71 bits per heavy atom. The summed E-state index contributed by atoms with van der Waals surface area (Å²) < 4.78 is 11.6. The van der Waals surface area contributed by atoms with Crippen LogP contribution in [0.1, 0.15) is 53.9 Å². The Morgan fingerprint density at radius 1 is 1.12 bits per heavy atom. The largest absolute Gasteiger partial charge is 0.352 e. The molecule has 17 heavy (non-hydrogen) atoms. The van der Waals surface area contributed by atoms with E-state index in [0.29, 0.717) is 5.41 Å². The van der Waals surface area contributed by atoms with Crippen molar-refractivity contribution in [2.24, 2.45) is 22.7 Å². The SMILES string of the molecule is CC1OCC2(CO1)CC(C)(C)CCC2C(C)C. The molecule has 2 aliphatic rings. The van der Waals surface area contributed by atoms with Crippen molar-refractivity contribution in [1.29, 1.82) is 0 Å². The van der Waals surface area contributed by atoms with Crippen LogP contribution >= 0.6 is 0 Å². The van der Waals surface area contributed by atoms with Crippen molar-refractivity contribution in [2.45, 2.75) is 60.2 Å². The highest BCUT2D eigenvalue weighted by molar-refractivity contribution is 4.97. The van der Waals surface area contributed by atoms with E-state index in [0.717, 1.165) is 25.0 Å². The molecule has 1 unspecified atom stereocenters. The van der Waals surface area contributed by atoms with Crippen molar-refractivity contribution < 1.29 is 9.47 Å². The molecule has 2 rings (SSSR count). The summed E-state index contributed by atoms with van der Waals surface area (Å²) in [5.74, 6) is 1.48. The second kappa shape index (κ2) is 4.55. The molecular weight excluding hydrogens is 212 g/mol. The molecule has 1 spiro atoms. The molecule has 2 fully saturated rings. The van der Waals surface area contributed by atoms with Gasteiger partial charge in [0.2, 0.25) is 0 Å². The fraction of sp³-hybridized carbons (Fsp3) is 1.00. The Hall–Kier alpha value is -0.0800. The minimum atomic E-state index is -0.0153. The smallest absolute Gasteiger partial charge is 0.154 e. The summed E-state index contributed by atoms with van der Waals surface area (Å²) in [4.78, 5) is 0. The van der Waals surface area contributed by atoms with Crippen molar-refractivity contribution in [3.63, 3.8) is 0 Å². The van der Waals surface area contributed by atoms with Crippen LogP contribution < -0.4 is 0 Å². The minimum Gasteiger partial charge on any atom is -0.352 e. The summed E-state index contributed by atoms with van der Waals surface area (Å²) in [5.41, 5.74) is 0.709. The highest BCUT2D eigenvalue weighted by Crippen LogP contribution is 2.53. The van der Waals surface area contributed by atoms with Gasteiger partial charge in [0.1, 0.15) is 0 Å². The Morgan fingerprint density at radius 3 is 2.24 bits per heavy atom. The second-order valence-corrected chi connectivity index (χ2v) is 7.28. The molecule has 2 nitrogen and oxygen atoms in total. The Bertz CT molecular complexity index is 262. The lowest BCUT2D eigenvalue weighted by atomic mass is 9.56. The van der Waals surface area contributed by atoms with Gasteiger partial charge in [0.05, 0.1) is 13.2 Å². The van der Waals surface area contributed by atoms with Crippen LogP contribution in [0.3, 0.4) is 0 Å². The van der Waals surface area contributed by atoms with E-state index in [4.69, 9.17) is 9.47 Å². The van der Waals surface area contributed by atoms with E-state index in [2.05, 4.69) is 27.7 Å². The van der Waals surface area contributed by atoms with Crippen LogP contribution in [0, 0.1) is 22.7 Å². The fourth-order valence-electron chi connectivity index (χ4n) is 4.04. The Labute approximate surface area is 106 Å². The van der Waals surface area contributed by atoms with Crippen LogP contribution in [-0.4, -0.2) is 19.5 Å². The molecular formula is C15H28O2. The molecule has 0 N–H and O–H groups in total. The van der Waals surface area contributed by atoms with Crippen molar-refractivity contribution in [3.8, 4) is 0 Å². The minimum absolute atomic E-state index is 0.0153. The fourth-order valence-corrected chi connectivity index (χ4v) is 4.04. The number of hydrogen-bond acceptors (Lipinski definition) is 2. The third-order valence-electron chi connectivity index (χ3n) is 4.77. The highest BCUT2D eigenvalue weighted by Gasteiger charge is 2.50. The number of hydrogen-bond donors (Lipinski definition) is 0. The molecule has 1 saturated heterocycles. The molecule has 1 heterocycles. The molecule has 1 saturated carbocycles. The van der Waals surface area contributed by atoms with Gasteiger partial charge in [-0.2, -0.15) is 0 Å².